The fourth-order valence-corrected chi connectivity index (χ4v) is 2.67. The molecule has 1 aliphatic rings. The van der Waals surface area contributed by atoms with Crippen LogP contribution >= 0.6 is 0 Å². The number of nitrogens with two attached hydrogens (primary N) is 1. The summed E-state index contributed by atoms with van der Waals surface area (Å²) in [6, 6.07) is 0. The first-order valence-electron chi connectivity index (χ1n) is 5.21. The van der Waals surface area contributed by atoms with E-state index in [-0.39, 0.29) is 11.2 Å². The highest BCUT2D eigenvalue weighted by atomic mass is 32.2. The highest BCUT2D eigenvalue weighted by Crippen LogP contribution is 2.36. The predicted octanol–water partition coefficient (Wildman–Crippen LogP) is 0.445. The number of rotatable bonds is 5. The van der Waals surface area contributed by atoms with Gasteiger partial charge in [-0.05, 0) is 31.7 Å². The van der Waals surface area contributed by atoms with Gasteiger partial charge in [0.15, 0.2) is 0 Å². The molecule has 1 saturated carbocycles. The van der Waals surface area contributed by atoms with Crippen molar-refractivity contribution in [3.05, 3.63) is 0 Å². The van der Waals surface area contributed by atoms with Crippen LogP contribution in [0.3, 0.4) is 0 Å². The standard InChI is InChI=1S/C9H20N2O2S/c1-2-14(12,13)11-8-9(7-10)5-3-4-6-9/h11H,2-8,10H2,1H3. The summed E-state index contributed by atoms with van der Waals surface area (Å²) in [6.45, 7) is 2.74. The van der Waals surface area contributed by atoms with Crippen molar-refractivity contribution in [2.24, 2.45) is 11.1 Å². The van der Waals surface area contributed by atoms with Crippen molar-refractivity contribution in [1.82, 2.24) is 4.72 Å². The Morgan fingerprint density at radius 1 is 1.36 bits per heavy atom. The second-order valence-electron chi connectivity index (χ2n) is 4.14. The van der Waals surface area contributed by atoms with Gasteiger partial charge in [-0.15, -0.1) is 0 Å². The molecule has 84 valence electrons. The summed E-state index contributed by atoms with van der Waals surface area (Å²) >= 11 is 0. The molecular formula is C9H20N2O2S. The van der Waals surface area contributed by atoms with Crippen LogP contribution in [0.2, 0.25) is 0 Å². The first kappa shape index (κ1) is 11.9. The van der Waals surface area contributed by atoms with E-state index in [2.05, 4.69) is 4.72 Å². The summed E-state index contributed by atoms with van der Waals surface area (Å²) < 4.78 is 25.2. The van der Waals surface area contributed by atoms with Crippen LogP contribution in [0, 0.1) is 5.41 Å². The zero-order valence-electron chi connectivity index (χ0n) is 8.75. The van der Waals surface area contributed by atoms with Crippen molar-refractivity contribution in [2.45, 2.75) is 32.6 Å². The summed E-state index contributed by atoms with van der Waals surface area (Å²) in [5.74, 6) is 0.146. The fraction of sp³-hybridized carbons (Fsp3) is 1.00. The van der Waals surface area contributed by atoms with Crippen molar-refractivity contribution < 1.29 is 8.42 Å². The summed E-state index contributed by atoms with van der Waals surface area (Å²) in [4.78, 5) is 0. The molecule has 0 atom stereocenters. The SMILES string of the molecule is CCS(=O)(=O)NCC1(CN)CCCC1. The van der Waals surface area contributed by atoms with Gasteiger partial charge in [0, 0.05) is 6.54 Å². The average molecular weight is 220 g/mol. The van der Waals surface area contributed by atoms with Crippen LogP contribution in [0.4, 0.5) is 0 Å². The van der Waals surface area contributed by atoms with Gasteiger partial charge in [-0.25, -0.2) is 13.1 Å². The molecule has 0 aromatic carbocycles. The third-order valence-electron chi connectivity index (χ3n) is 3.14. The monoisotopic (exact) mass is 220 g/mol. The first-order chi connectivity index (χ1) is 6.54. The van der Waals surface area contributed by atoms with Crippen molar-refractivity contribution in [1.29, 1.82) is 0 Å². The van der Waals surface area contributed by atoms with Gasteiger partial charge < -0.3 is 5.73 Å². The Balaban J connectivity index is 2.50. The molecule has 0 aromatic rings. The molecule has 5 heteroatoms. The maximum absolute atomic E-state index is 11.3. The molecule has 0 aliphatic heterocycles. The van der Waals surface area contributed by atoms with Crippen LogP contribution in [0.25, 0.3) is 0 Å². The van der Waals surface area contributed by atoms with E-state index < -0.39 is 10.0 Å². The van der Waals surface area contributed by atoms with E-state index in [4.69, 9.17) is 5.73 Å². The molecule has 0 aromatic heterocycles. The maximum Gasteiger partial charge on any atom is 0.211 e. The third kappa shape index (κ3) is 2.93. The Hall–Kier alpha value is -0.130. The molecule has 14 heavy (non-hydrogen) atoms. The van der Waals surface area contributed by atoms with Gasteiger partial charge >= 0.3 is 0 Å². The first-order valence-corrected chi connectivity index (χ1v) is 6.86. The van der Waals surface area contributed by atoms with Gasteiger partial charge in [-0.3, -0.25) is 0 Å². The number of sulfonamides is 1. The van der Waals surface area contributed by atoms with E-state index in [1.54, 1.807) is 6.92 Å². The molecule has 4 nitrogen and oxygen atoms in total. The molecule has 3 N–H and O–H groups in total. The van der Waals surface area contributed by atoms with Crippen molar-refractivity contribution in [3.63, 3.8) is 0 Å². The Morgan fingerprint density at radius 2 is 1.93 bits per heavy atom. The predicted molar refractivity (Wildman–Crippen MR) is 57.4 cm³/mol. The lowest BCUT2D eigenvalue weighted by atomic mass is 9.87. The highest BCUT2D eigenvalue weighted by molar-refractivity contribution is 7.89. The van der Waals surface area contributed by atoms with Gasteiger partial charge in [-0.1, -0.05) is 12.8 Å². The van der Waals surface area contributed by atoms with E-state index in [1.165, 1.54) is 12.8 Å². The van der Waals surface area contributed by atoms with Crippen LogP contribution in [0.15, 0.2) is 0 Å². The summed E-state index contributed by atoms with van der Waals surface area (Å²) in [5.41, 5.74) is 5.73. The topological polar surface area (TPSA) is 72.2 Å². The Morgan fingerprint density at radius 3 is 2.36 bits per heavy atom. The van der Waals surface area contributed by atoms with Crippen molar-refractivity contribution >= 4 is 10.0 Å². The molecule has 0 radical (unpaired) electrons. The second kappa shape index (κ2) is 4.59. The van der Waals surface area contributed by atoms with E-state index in [1.807, 2.05) is 0 Å². The molecule has 1 aliphatic carbocycles. The van der Waals surface area contributed by atoms with Crippen LogP contribution in [-0.2, 0) is 10.0 Å². The number of hydrogen-bond donors (Lipinski definition) is 2. The quantitative estimate of drug-likeness (QED) is 0.706. The minimum atomic E-state index is -3.06. The lowest BCUT2D eigenvalue weighted by molar-refractivity contribution is 0.309. The van der Waals surface area contributed by atoms with Gasteiger partial charge in [0.25, 0.3) is 0 Å². The Labute approximate surface area is 86.3 Å². The smallest absolute Gasteiger partial charge is 0.211 e. The Bertz CT molecular complexity index is 269. The molecule has 0 saturated heterocycles. The van der Waals surface area contributed by atoms with E-state index in [0.29, 0.717) is 13.1 Å². The maximum atomic E-state index is 11.3. The highest BCUT2D eigenvalue weighted by Gasteiger charge is 2.33. The van der Waals surface area contributed by atoms with Gasteiger partial charge in [0.1, 0.15) is 0 Å². The second-order valence-corrected chi connectivity index (χ2v) is 6.23. The summed E-state index contributed by atoms with van der Waals surface area (Å²) in [5, 5.41) is 0. The average Bonchev–Trinajstić information content (AvgIpc) is 2.65. The van der Waals surface area contributed by atoms with E-state index in [0.717, 1.165) is 12.8 Å². The third-order valence-corrected chi connectivity index (χ3v) is 4.49. The molecular weight excluding hydrogens is 200 g/mol. The lowest BCUT2D eigenvalue weighted by Crippen LogP contribution is -2.41. The molecule has 0 bridgehead atoms. The summed E-state index contributed by atoms with van der Waals surface area (Å²) in [7, 11) is -3.06. The summed E-state index contributed by atoms with van der Waals surface area (Å²) in [6.07, 6.45) is 4.45. The van der Waals surface area contributed by atoms with Crippen LogP contribution in [-0.4, -0.2) is 27.3 Å². The molecule has 0 heterocycles. The van der Waals surface area contributed by atoms with E-state index >= 15 is 0 Å². The van der Waals surface area contributed by atoms with Crippen LogP contribution in [0.1, 0.15) is 32.6 Å². The molecule has 0 unspecified atom stereocenters. The number of nitrogens with one attached hydrogen (secondary N) is 1. The normalized spacial score (nSPS) is 21.3. The largest absolute Gasteiger partial charge is 0.330 e. The van der Waals surface area contributed by atoms with Gasteiger partial charge in [0.05, 0.1) is 5.75 Å². The molecule has 1 rings (SSSR count). The molecule has 0 amide bonds. The number of hydrogen-bond acceptors (Lipinski definition) is 3. The van der Waals surface area contributed by atoms with Crippen molar-refractivity contribution in [2.75, 3.05) is 18.8 Å². The minimum absolute atomic E-state index is 0.0300. The van der Waals surface area contributed by atoms with Crippen LogP contribution in [0.5, 0.6) is 0 Å². The van der Waals surface area contributed by atoms with Crippen LogP contribution < -0.4 is 10.5 Å². The zero-order valence-corrected chi connectivity index (χ0v) is 9.57. The minimum Gasteiger partial charge on any atom is -0.330 e. The zero-order chi connectivity index (χ0) is 10.7. The Kier molecular flexibility index (Phi) is 3.92. The van der Waals surface area contributed by atoms with Gasteiger partial charge in [-0.2, -0.15) is 0 Å². The molecule has 0 spiro atoms. The molecule has 1 fully saturated rings. The fourth-order valence-electron chi connectivity index (χ4n) is 1.94. The lowest BCUT2D eigenvalue weighted by Gasteiger charge is -2.27. The van der Waals surface area contributed by atoms with Crippen molar-refractivity contribution in [3.8, 4) is 0 Å². The van der Waals surface area contributed by atoms with E-state index in [9.17, 15) is 8.42 Å². The van der Waals surface area contributed by atoms with Gasteiger partial charge in [0.2, 0.25) is 10.0 Å².